The van der Waals surface area contributed by atoms with Crippen molar-refractivity contribution in [1.29, 1.82) is 0 Å². The standard InChI is InChI=1S/C19H19N5O2/c1-13-8-9-18(23-22-13)26-14-5-4-10-24(12-14)19(25)17-11-20-15-6-2-3-7-16(15)21-17/h2-3,6-9,11,14H,4-5,10,12H2,1H3. The van der Waals surface area contributed by atoms with Gasteiger partial charge in [0.2, 0.25) is 5.88 Å². The number of nitrogens with zero attached hydrogens (tertiary/aromatic N) is 5. The number of aromatic nitrogens is 4. The summed E-state index contributed by atoms with van der Waals surface area (Å²) in [4.78, 5) is 23.4. The minimum atomic E-state index is -0.119. The summed E-state index contributed by atoms with van der Waals surface area (Å²) >= 11 is 0. The predicted molar refractivity (Wildman–Crippen MR) is 95.9 cm³/mol. The number of piperidine rings is 1. The van der Waals surface area contributed by atoms with Gasteiger partial charge in [0.05, 0.1) is 29.5 Å². The van der Waals surface area contributed by atoms with Crippen LogP contribution in [-0.4, -0.2) is 50.2 Å². The molecule has 0 saturated carbocycles. The van der Waals surface area contributed by atoms with E-state index >= 15 is 0 Å². The first-order valence-electron chi connectivity index (χ1n) is 8.67. The normalized spacial score (nSPS) is 17.3. The Labute approximate surface area is 151 Å². The van der Waals surface area contributed by atoms with Gasteiger partial charge >= 0.3 is 0 Å². The maximum absolute atomic E-state index is 12.8. The highest BCUT2D eigenvalue weighted by Crippen LogP contribution is 2.18. The van der Waals surface area contributed by atoms with Crippen molar-refractivity contribution in [2.45, 2.75) is 25.9 Å². The molecule has 1 fully saturated rings. The molecular weight excluding hydrogens is 330 g/mol. The molecule has 7 heteroatoms. The van der Waals surface area contributed by atoms with Crippen LogP contribution in [0.15, 0.2) is 42.6 Å². The maximum atomic E-state index is 12.8. The average Bonchev–Trinajstić information content (AvgIpc) is 2.69. The molecule has 132 valence electrons. The number of carbonyl (C=O) groups excluding carboxylic acids is 1. The van der Waals surface area contributed by atoms with Crippen LogP contribution in [0.25, 0.3) is 11.0 Å². The van der Waals surface area contributed by atoms with Crippen molar-refractivity contribution in [1.82, 2.24) is 25.1 Å². The van der Waals surface area contributed by atoms with Crippen LogP contribution in [0.1, 0.15) is 29.0 Å². The third kappa shape index (κ3) is 3.46. The fraction of sp³-hybridized carbons (Fsp3) is 0.316. The Hall–Kier alpha value is -3.09. The fourth-order valence-electron chi connectivity index (χ4n) is 3.06. The van der Waals surface area contributed by atoms with Gasteiger partial charge in [0, 0.05) is 12.6 Å². The van der Waals surface area contributed by atoms with Crippen molar-refractivity contribution >= 4 is 16.9 Å². The monoisotopic (exact) mass is 349 g/mol. The molecule has 7 nitrogen and oxygen atoms in total. The number of amides is 1. The van der Waals surface area contributed by atoms with Gasteiger partial charge in [-0.1, -0.05) is 12.1 Å². The number of fused-ring (bicyclic) bond motifs is 1. The first kappa shape index (κ1) is 16.4. The lowest BCUT2D eigenvalue weighted by Crippen LogP contribution is -2.44. The molecule has 4 rings (SSSR count). The van der Waals surface area contributed by atoms with Gasteiger partial charge in [-0.25, -0.2) is 4.98 Å². The van der Waals surface area contributed by atoms with E-state index in [-0.39, 0.29) is 12.0 Å². The second kappa shape index (κ2) is 7.03. The van der Waals surface area contributed by atoms with Crippen LogP contribution < -0.4 is 4.74 Å². The van der Waals surface area contributed by atoms with Gasteiger partial charge in [0.25, 0.3) is 5.91 Å². The van der Waals surface area contributed by atoms with Gasteiger partial charge in [-0.3, -0.25) is 9.78 Å². The lowest BCUT2D eigenvalue weighted by atomic mass is 10.1. The Balaban J connectivity index is 1.47. The summed E-state index contributed by atoms with van der Waals surface area (Å²) in [7, 11) is 0. The molecular formula is C19H19N5O2. The first-order valence-corrected chi connectivity index (χ1v) is 8.67. The number of ether oxygens (including phenoxy) is 1. The third-order valence-electron chi connectivity index (χ3n) is 4.39. The van der Waals surface area contributed by atoms with Gasteiger partial charge < -0.3 is 9.64 Å². The lowest BCUT2D eigenvalue weighted by Gasteiger charge is -2.32. The molecule has 1 aliphatic heterocycles. The molecule has 1 atom stereocenters. The molecule has 0 spiro atoms. The Bertz CT molecular complexity index is 929. The summed E-state index contributed by atoms with van der Waals surface area (Å²) in [5.41, 5.74) is 2.70. The number of hydrogen-bond acceptors (Lipinski definition) is 6. The van der Waals surface area contributed by atoms with E-state index in [2.05, 4.69) is 20.2 Å². The highest BCUT2D eigenvalue weighted by atomic mass is 16.5. The van der Waals surface area contributed by atoms with Crippen molar-refractivity contribution < 1.29 is 9.53 Å². The predicted octanol–water partition coefficient (Wildman–Crippen LogP) is 2.41. The number of benzene rings is 1. The van der Waals surface area contributed by atoms with Gasteiger partial charge in [-0.05, 0) is 38.0 Å². The average molecular weight is 349 g/mol. The van der Waals surface area contributed by atoms with E-state index in [1.807, 2.05) is 37.3 Å². The second-order valence-corrected chi connectivity index (χ2v) is 6.39. The zero-order chi connectivity index (χ0) is 17.9. The fourth-order valence-corrected chi connectivity index (χ4v) is 3.06. The molecule has 0 radical (unpaired) electrons. The second-order valence-electron chi connectivity index (χ2n) is 6.39. The van der Waals surface area contributed by atoms with E-state index in [4.69, 9.17) is 4.74 Å². The first-order chi connectivity index (χ1) is 12.7. The molecule has 0 aliphatic carbocycles. The highest BCUT2D eigenvalue weighted by Gasteiger charge is 2.27. The minimum Gasteiger partial charge on any atom is -0.471 e. The topological polar surface area (TPSA) is 81.1 Å². The molecule has 2 aromatic heterocycles. The molecule has 26 heavy (non-hydrogen) atoms. The van der Waals surface area contributed by atoms with Crippen molar-refractivity contribution in [2.75, 3.05) is 13.1 Å². The molecule has 0 N–H and O–H groups in total. The Kier molecular flexibility index (Phi) is 4.43. The number of rotatable bonds is 3. The van der Waals surface area contributed by atoms with Crippen molar-refractivity contribution in [2.24, 2.45) is 0 Å². The number of hydrogen-bond donors (Lipinski definition) is 0. The quantitative estimate of drug-likeness (QED) is 0.722. The van der Waals surface area contributed by atoms with E-state index in [1.165, 1.54) is 0 Å². The van der Waals surface area contributed by atoms with E-state index in [0.717, 1.165) is 29.6 Å². The van der Waals surface area contributed by atoms with Crippen LogP contribution in [-0.2, 0) is 0 Å². The molecule has 3 heterocycles. The highest BCUT2D eigenvalue weighted by molar-refractivity contribution is 5.93. The minimum absolute atomic E-state index is 0.0990. The SMILES string of the molecule is Cc1ccc(OC2CCCN(C(=O)c3cnc4ccccc4n3)C2)nn1. The molecule has 1 aliphatic rings. The summed E-state index contributed by atoms with van der Waals surface area (Å²) < 4.78 is 5.89. The van der Waals surface area contributed by atoms with Crippen LogP contribution >= 0.6 is 0 Å². The molecule has 1 amide bonds. The van der Waals surface area contributed by atoms with Crippen molar-refractivity contribution in [3.63, 3.8) is 0 Å². The molecule has 1 unspecified atom stereocenters. The summed E-state index contributed by atoms with van der Waals surface area (Å²) in [5, 5.41) is 8.04. The van der Waals surface area contributed by atoms with E-state index < -0.39 is 0 Å². The Morgan fingerprint density at radius 2 is 2.00 bits per heavy atom. The number of aryl methyl sites for hydroxylation is 1. The Morgan fingerprint density at radius 3 is 2.81 bits per heavy atom. The third-order valence-corrected chi connectivity index (χ3v) is 4.39. The van der Waals surface area contributed by atoms with Crippen LogP contribution in [0, 0.1) is 6.92 Å². The summed E-state index contributed by atoms with van der Waals surface area (Å²) in [6.07, 6.45) is 3.19. The molecule has 0 bridgehead atoms. The number of para-hydroxylation sites is 2. The van der Waals surface area contributed by atoms with Gasteiger partial charge in [-0.2, -0.15) is 5.10 Å². The van der Waals surface area contributed by atoms with E-state index in [1.54, 1.807) is 17.2 Å². The van der Waals surface area contributed by atoms with Crippen molar-refractivity contribution in [3.8, 4) is 5.88 Å². The maximum Gasteiger partial charge on any atom is 0.274 e. The van der Waals surface area contributed by atoms with Crippen LogP contribution in [0.2, 0.25) is 0 Å². The van der Waals surface area contributed by atoms with Crippen LogP contribution in [0.5, 0.6) is 5.88 Å². The lowest BCUT2D eigenvalue weighted by molar-refractivity contribution is 0.0520. The zero-order valence-electron chi connectivity index (χ0n) is 14.5. The zero-order valence-corrected chi connectivity index (χ0v) is 14.5. The molecule has 3 aromatic rings. The van der Waals surface area contributed by atoms with Crippen molar-refractivity contribution in [3.05, 3.63) is 54.0 Å². The van der Waals surface area contributed by atoms with E-state index in [0.29, 0.717) is 24.7 Å². The van der Waals surface area contributed by atoms with Crippen LogP contribution in [0.3, 0.4) is 0 Å². The molecule has 1 saturated heterocycles. The summed E-state index contributed by atoms with van der Waals surface area (Å²) in [6.45, 7) is 3.07. The van der Waals surface area contributed by atoms with E-state index in [9.17, 15) is 4.79 Å². The largest absolute Gasteiger partial charge is 0.471 e. The number of carbonyl (C=O) groups is 1. The summed E-state index contributed by atoms with van der Waals surface area (Å²) in [6, 6.07) is 11.2. The van der Waals surface area contributed by atoms with Gasteiger partial charge in [0.15, 0.2) is 0 Å². The van der Waals surface area contributed by atoms with Gasteiger partial charge in [0.1, 0.15) is 11.8 Å². The van der Waals surface area contributed by atoms with Crippen LogP contribution in [0.4, 0.5) is 0 Å². The Morgan fingerprint density at radius 1 is 1.15 bits per heavy atom. The number of likely N-dealkylation sites (tertiary alicyclic amines) is 1. The summed E-state index contributed by atoms with van der Waals surface area (Å²) in [5.74, 6) is 0.368. The van der Waals surface area contributed by atoms with Gasteiger partial charge in [-0.15, -0.1) is 5.10 Å². The molecule has 1 aromatic carbocycles. The smallest absolute Gasteiger partial charge is 0.274 e.